The van der Waals surface area contributed by atoms with E-state index >= 15 is 0 Å². The lowest BCUT2D eigenvalue weighted by atomic mass is 10.0. The highest BCUT2D eigenvalue weighted by Crippen LogP contribution is 2.19. The van der Waals surface area contributed by atoms with Gasteiger partial charge in [0.15, 0.2) is 6.10 Å². The summed E-state index contributed by atoms with van der Waals surface area (Å²) in [5, 5.41) is 0. The highest BCUT2D eigenvalue weighted by Gasteiger charge is 2.19. The molecule has 1 unspecified atom stereocenters. The molecular formula is C73H136O6. The Balaban J connectivity index is 4.06. The van der Waals surface area contributed by atoms with Gasteiger partial charge in [-0.1, -0.05) is 353 Å². The van der Waals surface area contributed by atoms with Gasteiger partial charge in [0.2, 0.25) is 0 Å². The zero-order valence-corrected chi connectivity index (χ0v) is 53.4. The fraction of sp³-hybridized carbons (Fsp3) is 0.877. The molecule has 0 aliphatic rings. The highest BCUT2D eigenvalue weighted by atomic mass is 16.6. The Hall–Kier alpha value is -2.37. The Morgan fingerprint density at radius 3 is 0.709 bits per heavy atom. The van der Waals surface area contributed by atoms with E-state index in [0.29, 0.717) is 19.3 Å². The maximum absolute atomic E-state index is 12.9. The molecule has 0 saturated heterocycles. The van der Waals surface area contributed by atoms with Gasteiger partial charge in [0, 0.05) is 19.3 Å². The van der Waals surface area contributed by atoms with Gasteiger partial charge in [-0.05, 0) is 57.8 Å². The summed E-state index contributed by atoms with van der Waals surface area (Å²) in [6, 6.07) is 0. The van der Waals surface area contributed by atoms with E-state index in [1.165, 1.54) is 283 Å². The summed E-state index contributed by atoms with van der Waals surface area (Å²) in [7, 11) is 0. The number of hydrogen-bond donors (Lipinski definition) is 0. The van der Waals surface area contributed by atoms with Gasteiger partial charge in [-0.2, -0.15) is 0 Å². The maximum Gasteiger partial charge on any atom is 0.306 e. The molecule has 0 rings (SSSR count). The van der Waals surface area contributed by atoms with Crippen molar-refractivity contribution in [3.63, 3.8) is 0 Å². The van der Waals surface area contributed by atoms with E-state index in [1.54, 1.807) is 0 Å². The second kappa shape index (κ2) is 68.1. The van der Waals surface area contributed by atoms with Gasteiger partial charge in [-0.15, -0.1) is 0 Å². The molecule has 0 aliphatic carbocycles. The number of ether oxygens (including phenoxy) is 3. The summed E-state index contributed by atoms with van der Waals surface area (Å²) in [4.78, 5) is 38.3. The van der Waals surface area contributed by atoms with Gasteiger partial charge in [-0.25, -0.2) is 0 Å². The van der Waals surface area contributed by atoms with Gasteiger partial charge >= 0.3 is 17.9 Å². The molecule has 464 valence electrons. The first-order valence-electron chi connectivity index (χ1n) is 35.5. The van der Waals surface area contributed by atoms with Crippen molar-refractivity contribution in [3.05, 3.63) is 36.5 Å². The van der Waals surface area contributed by atoms with E-state index in [2.05, 4.69) is 57.2 Å². The summed E-state index contributed by atoms with van der Waals surface area (Å²) < 4.78 is 16.9. The number of esters is 3. The predicted molar refractivity (Wildman–Crippen MR) is 344 cm³/mol. The minimum absolute atomic E-state index is 0.0646. The van der Waals surface area contributed by atoms with Gasteiger partial charge in [0.05, 0.1) is 0 Å². The van der Waals surface area contributed by atoms with Crippen molar-refractivity contribution in [2.45, 2.75) is 399 Å². The van der Waals surface area contributed by atoms with Crippen LogP contribution in [0.1, 0.15) is 393 Å². The largest absolute Gasteiger partial charge is 0.462 e. The Bertz CT molecular complexity index is 1320. The van der Waals surface area contributed by atoms with Crippen molar-refractivity contribution in [3.8, 4) is 0 Å². The van der Waals surface area contributed by atoms with Gasteiger partial charge in [-0.3, -0.25) is 14.4 Å². The SMILES string of the molecule is CCCCCCC/C=C\C/C=C\C/C=C\CCCCCCCCCCCCCCCCCCCCC(=O)OCC(COC(=O)CCCCCCCCCCCC)OC(=O)CCCCCCCCCCCCCCCCCCCC. The second-order valence-corrected chi connectivity index (χ2v) is 24.2. The normalized spacial score (nSPS) is 12.2. The molecule has 0 radical (unpaired) electrons. The summed E-state index contributed by atoms with van der Waals surface area (Å²) in [5.74, 6) is -0.836. The highest BCUT2D eigenvalue weighted by molar-refractivity contribution is 5.71. The van der Waals surface area contributed by atoms with E-state index in [9.17, 15) is 14.4 Å². The molecule has 0 bridgehead atoms. The molecule has 0 aromatic heterocycles. The monoisotopic (exact) mass is 1110 g/mol. The lowest BCUT2D eigenvalue weighted by Crippen LogP contribution is -2.30. The molecule has 0 aliphatic heterocycles. The van der Waals surface area contributed by atoms with Crippen molar-refractivity contribution in [2.75, 3.05) is 13.2 Å². The molecule has 0 fully saturated rings. The number of hydrogen-bond acceptors (Lipinski definition) is 6. The second-order valence-electron chi connectivity index (χ2n) is 24.2. The van der Waals surface area contributed by atoms with Crippen LogP contribution in [0.15, 0.2) is 36.5 Å². The number of unbranched alkanes of at least 4 members (excludes halogenated alkanes) is 49. The third-order valence-corrected chi connectivity index (χ3v) is 16.1. The van der Waals surface area contributed by atoms with Gasteiger partial charge < -0.3 is 14.2 Å². The number of allylic oxidation sites excluding steroid dienone is 6. The summed E-state index contributed by atoms with van der Waals surface area (Å²) in [6.07, 6.45) is 84.8. The zero-order chi connectivity index (χ0) is 57.1. The van der Waals surface area contributed by atoms with Crippen LogP contribution in [-0.2, 0) is 28.6 Å². The predicted octanol–water partition coefficient (Wildman–Crippen LogP) is 24.3. The average Bonchev–Trinajstić information content (AvgIpc) is 3.45. The molecule has 0 N–H and O–H groups in total. The number of carbonyl (C=O) groups is 3. The van der Waals surface area contributed by atoms with Crippen LogP contribution in [0, 0.1) is 0 Å². The van der Waals surface area contributed by atoms with E-state index in [4.69, 9.17) is 14.2 Å². The van der Waals surface area contributed by atoms with Crippen molar-refractivity contribution in [1.29, 1.82) is 0 Å². The minimum Gasteiger partial charge on any atom is -0.462 e. The van der Waals surface area contributed by atoms with E-state index in [-0.39, 0.29) is 31.1 Å². The minimum atomic E-state index is -0.766. The number of carbonyl (C=O) groups excluding carboxylic acids is 3. The summed E-state index contributed by atoms with van der Waals surface area (Å²) in [5.41, 5.74) is 0. The molecular weight excluding hydrogens is 973 g/mol. The van der Waals surface area contributed by atoms with Crippen LogP contribution in [-0.4, -0.2) is 37.2 Å². The molecule has 0 aromatic rings. The van der Waals surface area contributed by atoms with Crippen LogP contribution in [0.25, 0.3) is 0 Å². The zero-order valence-electron chi connectivity index (χ0n) is 53.4. The molecule has 0 heterocycles. The standard InChI is InChI=1S/C73H136O6/c1-4-7-10-13-16-19-22-24-26-28-30-31-32-33-34-35-36-37-38-39-40-41-42-43-44-46-47-49-51-54-57-60-63-66-72(75)78-69-70(68-77-71(74)65-62-59-56-53-21-18-15-12-9-6-3)79-73(76)67-64-61-58-55-52-50-48-45-29-27-25-23-20-17-14-11-8-5-2/h22,24,28,30,32-33,70H,4-21,23,25-27,29,31,34-69H2,1-3H3/b24-22-,30-28-,33-32-. The maximum atomic E-state index is 12.9. The quantitative estimate of drug-likeness (QED) is 0.0261. The summed E-state index contributed by atoms with van der Waals surface area (Å²) in [6.45, 7) is 6.69. The fourth-order valence-corrected chi connectivity index (χ4v) is 10.8. The van der Waals surface area contributed by atoms with Crippen LogP contribution in [0.4, 0.5) is 0 Å². The molecule has 0 aromatic carbocycles. The third-order valence-electron chi connectivity index (χ3n) is 16.1. The first kappa shape index (κ1) is 76.6. The lowest BCUT2D eigenvalue weighted by Gasteiger charge is -2.18. The molecule has 6 heteroatoms. The molecule has 0 saturated carbocycles. The molecule has 6 nitrogen and oxygen atoms in total. The van der Waals surface area contributed by atoms with Crippen LogP contribution in [0.3, 0.4) is 0 Å². The first-order valence-corrected chi connectivity index (χ1v) is 35.5. The Kier molecular flexibility index (Phi) is 66.1. The summed E-state index contributed by atoms with van der Waals surface area (Å²) >= 11 is 0. The van der Waals surface area contributed by atoms with Crippen LogP contribution < -0.4 is 0 Å². The lowest BCUT2D eigenvalue weighted by molar-refractivity contribution is -0.167. The molecule has 1 atom stereocenters. The smallest absolute Gasteiger partial charge is 0.306 e. The van der Waals surface area contributed by atoms with Crippen molar-refractivity contribution in [2.24, 2.45) is 0 Å². The van der Waals surface area contributed by atoms with Crippen LogP contribution in [0.5, 0.6) is 0 Å². The molecule has 79 heavy (non-hydrogen) atoms. The van der Waals surface area contributed by atoms with Crippen molar-refractivity contribution >= 4 is 17.9 Å². The number of rotatable bonds is 66. The van der Waals surface area contributed by atoms with E-state index in [0.717, 1.165) is 70.6 Å². The average molecular weight is 1110 g/mol. The topological polar surface area (TPSA) is 78.9 Å². The van der Waals surface area contributed by atoms with Crippen molar-refractivity contribution < 1.29 is 28.6 Å². The first-order chi connectivity index (χ1) is 39.0. The third kappa shape index (κ3) is 66.3. The Morgan fingerprint density at radius 2 is 0.456 bits per heavy atom. The van der Waals surface area contributed by atoms with Crippen LogP contribution in [0.2, 0.25) is 0 Å². The Morgan fingerprint density at radius 1 is 0.253 bits per heavy atom. The van der Waals surface area contributed by atoms with E-state index in [1.807, 2.05) is 0 Å². The fourth-order valence-electron chi connectivity index (χ4n) is 10.8. The van der Waals surface area contributed by atoms with Crippen molar-refractivity contribution in [1.82, 2.24) is 0 Å². The Labute approximate surface area is 493 Å². The van der Waals surface area contributed by atoms with Crippen LogP contribution >= 0.6 is 0 Å². The van der Waals surface area contributed by atoms with Gasteiger partial charge in [0.25, 0.3) is 0 Å². The molecule has 0 spiro atoms. The molecule has 0 amide bonds. The van der Waals surface area contributed by atoms with Gasteiger partial charge in [0.1, 0.15) is 13.2 Å². The van der Waals surface area contributed by atoms with E-state index < -0.39 is 6.10 Å².